The lowest BCUT2D eigenvalue weighted by Gasteiger charge is -2.20. The van der Waals surface area contributed by atoms with Crippen LogP contribution < -0.4 is 20.7 Å². The molecule has 0 aliphatic carbocycles. The Hall–Kier alpha value is -1.63. The predicted octanol–water partition coefficient (Wildman–Crippen LogP) is 1.71. The predicted molar refractivity (Wildman–Crippen MR) is 70.8 cm³/mol. The largest absolute Gasteiger partial charge is 0.496 e. The summed E-state index contributed by atoms with van der Waals surface area (Å²) in [7, 11) is 3.24. The molecule has 1 aromatic carbocycles. The van der Waals surface area contributed by atoms with Crippen LogP contribution >= 0.6 is 11.3 Å². The molecule has 0 bridgehead atoms. The number of nitrogens with two attached hydrogens (primary N) is 1. The van der Waals surface area contributed by atoms with Gasteiger partial charge in [-0.05, 0) is 12.1 Å². The molecule has 5 nitrogen and oxygen atoms in total. The van der Waals surface area contributed by atoms with E-state index in [0.29, 0.717) is 11.5 Å². The number of rotatable bonds is 5. The Labute approximate surface area is 110 Å². The molecular weight excluding hydrogens is 250 g/mol. The van der Waals surface area contributed by atoms with Crippen molar-refractivity contribution in [2.45, 2.75) is 6.04 Å². The van der Waals surface area contributed by atoms with Gasteiger partial charge in [-0.2, -0.15) is 0 Å². The van der Waals surface area contributed by atoms with Gasteiger partial charge < -0.3 is 9.47 Å². The highest BCUT2D eigenvalue weighted by Crippen LogP contribution is 2.36. The highest BCUT2D eigenvalue weighted by molar-refractivity contribution is 7.07. The Kier molecular flexibility index (Phi) is 4.14. The highest BCUT2D eigenvalue weighted by atomic mass is 32.1. The highest BCUT2D eigenvalue weighted by Gasteiger charge is 2.22. The van der Waals surface area contributed by atoms with Crippen LogP contribution in [0.2, 0.25) is 0 Å². The summed E-state index contributed by atoms with van der Waals surface area (Å²) in [4.78, 5) is 4.28. The molecule has 0 saturated heterocycles. The van der Waals surface area contributed by atoms with Crippen molar-refractivity contribution in [2.75, 3.05) is 14.2 Å². The van der Waals surface area contributed by atoms with E-state index in [9.17, 15) is 0 Å². The standard InChI is InChI=1S/C12H15N3O2S/c1-16-9-4-3-5-10(17-2)11(9)12(15-13)8-6-18-7-14-8/h3-7,12,15H,13H2,1-2H3. The fourth-order valence-corrected chi connectivity index (χ4v) is 2.43. The van der Waals surface area contributed by atoms with Gasteiger partial charge in [-0.25, -0.2) is 10.4 Å². The van der Waals surface area contributed by atoms with Crippen molar-refractivity contribution in [3.05, 3.63) is 40.3 Å². The van der Waals surface area contributed by atoms with E-state index in [1.165, 1.54) is 11.3 Å². The number of methoxy groups -OCH3 is 2. The van der Waals surface area contributed by atoms with Gasteiger partial charge in [0.25, 0.3) is 0 Å². The van der Waals surface area contributed by atoms with Crippen molar-refractivity contribution in [2.24, 2.45) is 5.84 Å². The van der Waals surface area contributed by atoms with Crippen LogP contribution in [0, 0.1) is 0 Å². The van der Waals surface area contributed by atoms with Crippen molar-refractivity contribution in [3.63, 3.8) is 0 Å². The second kappa shape index (κ2) is 5.81. The van der Waals surface area contributed by atoms with E-state index in [4.69, 9.17) is 15.3 Å². The van der Waals surface area contributed by atoms with E-state index in [2.05, 4.69) is 10.4 Å². The van der Waals surface area contributed by atoms with Gasteiger partial charge >= 0.3 is 0 Å². The van der Waals surface area contributed by atoms with Gasteiger partial charge in [-0.1, -0.05) is 6.07 Å². The Morgan fingerprint density at radius 1 is 1.28 bits per heavy atom. The zero-order valence-corrected chi connectivity index (χ0v) is 11.0. The van der Waals surface area contributed by atoms with E-state index >= 15 is 0 Å². The summed E-state index contributed by atoms with van der Waals surface area (Å²) < 4.78 is 10.7. The summed E-state index contributed by atoms with van der Waals surface area (Å²) in [6, 6.07) is 5.35. The minimum absolute atomic E-state index is 0.262. The van der Waals surface area contributed by atoms with Crippen LogP contribution in [0.5, 0.6) is 11.5 Å². The SMILES string of the molecule is COc1cccc(OC)c1C(NN)c1cscn1. The van der Waals surface area contributed by atoms with Crippen molar-refractivity contribution >= 4 is 11.3 Å². The Balaban J connectivity index is 2.53. The third kappa shape index (κ3) is 2.31. The van der Waals surface area contributed by atoms with E-state index in [1.54, 1.807) is 19.7 Å². The van der Waals surface area contributed by atoms with E-state index in [0.717, 1.165) is 11.3 Å². The van der Waals surface area contributed by atoms with Gasteiger partial charge in [0.1, 0.15) is 11.5 Å². The molecule has 2 aromatic rings. The number of hydrazine groups is 1. The molecule has 96 valence electrons. The van der Waals surface area contributed by atoms with Crippen LogP contribution in [0.15, 0.2) is 29.1 Å². The number of nitrogens with zero attached hydrogens (tertiary/aromatic N) is 1. The first kappa shape index (κ1) is 12.8. The number of ether oxygens (including phenoxy) is 2. The summed E-state index contributed by atoms with van der Waals surface area (Å²) in [5.74, 6) is 7.07. The summed E-state index contributed by atoms with van der Waals surface area (Å²) in [6.07, 6.45) is 0. The maximum absolute atomic E-state index is 5.65. The molecule has 2 rings (SSSR count). The summed E-state index contributed by atoms with van der Waals surface area (Å²) >= 11 is 1.52. The lowest BCUT2D eigenvalue weighted by molar-refractivity contribution is 0.376. The first-order chi connectivity index (χ1) is 8.81. The van der Waals surface area contributed by atoms with Gasteiger partial charge in [0.05, 0.1) is 37.0 Å². The van der Waals surface area contributed by atoms with Gasteiger partial charge in [0, 0.05) is 5.38 Å². The first-order valence-electron chi connectivity index (χ1n) is 5.37. The van der Waals surface area contributed by atoms with Gasteiger partial charge in [-0.3, -0.25) is 5.84 Å². The Bertz CT molecular complexity index is 480. The maximum Gasteiger partial charge on any atom is 0.127 e. The number of hydrogen-bond acceptors (Lipinski definition) is 6. The fourth-order valence-electron chi connectivity index (χ4n) is 1.85. The number of hydrogen-bond donors (Lipinski definition) is 2. The molecule has 0 fully saturated rings. The van der Waals surface area contributed by atoms with E-state index in [-0.39, 0.29) is 6.04 Å². The van der Waals surface area contributed by atoms with Crippen LogP contribution in [-0.2, 0) is 0 Å². The molecule has 0 aliphatic rings. The van der Waals surface area contributed by atoms with Crippen molar-refractivity contribution in [1.82, 2.24) is 10.4 Å². The summed E-state index contributed by atoms with van der Waals surface area (Å²) in [6.45, 7) is 0. The van der Waals surface area contributed by atoms with Crippen LogP contribution in [0.4, 0.5) is 0 Å². The van der Waals surface area contributed by atoms with Crippen molar-refractivity contribution in [1.29, 1.82) is 0 Å². The van der Waals surface area contributed by atoms with Gasteiger partial charge in [-0.15, -0.1) is 11.3 Å². The first-order valence-corrected chi connectivity index (χ1v) is 6.31. The molecule has 0 spiro atoms. The molecule has 0 saturated carbocycles. The minimum Gasteiger partial charge on any atom is -0.496 e. The number of aromatic nitrogens is 1. The molecule has 3 N–H and O–H groups in total. The van der Waals surface area contributed by atoms with Crippen molar-refractivity contribution in [3.8, 4) is 11.5 Å². The fraction of sp³-hybridized carbons (Fsp3) is 0.250. The molecule has 18 heavy (non-hydrogen) atoms. The molecule has 6 heteroatoms. The molecular formula is C12H15N3O2S. The normalized spacial score (nSPS) is 12.2. The third-order valence-corrected chi connectivity index (χ3v) is 3.27. The van der Waals surface area contributed by atoms with Gasteiger partial charge in [0.2, 0.25) is 0 Å². The quantitative estimate of drug-likeness (QED) is 0.636. The van der Waals surface area contributed by atoms with E-state index < -0.39 is 0 Å². The molecule has 1 aromatic heterocycles. The number of nitrogens with one attached hydrogen (secondary N) is 1. The Morgan fingerprint density at radius 2 is 1.94 bits per heavy atom. The lowest BCUT2D eigenvalue weighted by atomic mass is 10.0. The second-order valence-corrected chi connectivity index (χ2v) is 4.31. The topological polar surface area (TPSA) is 69.4 Å². The third-order valence-electron chi connectivity index (χ3n) is 2.67. The van der Waals surface area contributed by atoms with E-state index in [1.807, 2.05) is 23.6 Å². The molecule has 0 amide bonds. The van der Waals surface area contributed by atoms with Crippen LogP contribution in [0.1, 0.15) is 17.3 Å². The zero-order valence-electron chi connectivity index (χ0n) is 10.2. The number of benzene rings is 1. The van der Waals surface area contributed by atoms with Gasteiger partial charge in [0.15, 0.2) is 0 Å². The summed E-state index contributed by atoms with van der Waals surface area (Å²) in [5.41, 5.74) is 6.20. The molecule has 1 unspecified atom stereocenters. The molecule has 0 radical (unpaired) electrons. The van der Waals surface area contributed by atoms with Crippen LogP contribution in [0.25, 0.3) is 0 Å². The molecule has 1 atom stereocenters. The maximum atomic E-state index is 5.65. The monoisotopic (exact) mass is 265 g/mol. The van der Waals surface area contributed by atoms with Crippen LogP contribution in [0.3, 0.4) is 0 Å². The average molecular weight is 265 g/mol. The van der Waals surface area contributed by atoms with Crippen LogP contribution in [-0.4, -0.2) is 19.2 Å². The Morgan fingerprint density at radius 3 is 2.39 bits per heavy atom. The van der Waals surface area contributed by atoms with Crippen molar-refractivity contribution < 1.29 is 9.47 Å². The lowest BCUT2D eigenvalue weighted by Crippen LogP contribution is -2.29. The molecule has 1 heterocycles. The second-order valence-electron chi connectivity index (χ2n) is 3.59. The minimum atomic E-state index is -0.262. The summed E-state index contributed by atoms with van der Waals surface area (Å²) in [5, 5.41) is 1.94. The average Bonchev–Trinajstić information content (AvgIpc) is 2.93. The molecule has 0 aliphatic heterocycles. The number of thiazole rings is 1. The zero-order chi connectivity index (χ0) is 13.0. The smallest absolute Gasteiger partial charge is 0.127 e.